The average molecular weight is 313 g/mol. The maximum atomic E-state index is 13.9. The van der Waals surface area contributed by atoms with Crippen molar-refractivity contribution in [2.24, 2.45) is 0 Å². The summed E-state index contributed by atoms with van der Waals surface area (Å²) in [5.41, 5.74) is 0.246. The second-order valence-electron chi connectivity index (χ2n) is 5.20. The molecule has 6 heteroatoms. The summed E-state index contributed by atoms with van der Waals surface area (Å²) in [7, 11) is 0. The van der Waals surface area contributed by atoms with Crippen molar-refractivity contribution in [3.05, 3.63) is 34.6 Å². The van der Waals surface area contributed by atoms with Gasteiger partial charge in [-0.05, 0) is 25.5 Å². The first-order valence-electron chi connectivity index (χ1n) is 6.99. The minimum Gasteiger partial charge on any atom is -0.343 e. The molecule has 4 nitrogen and oxygen atoms in total. The van der Waals surface area contributed by atoms with Crippen molar-refractivity contribution in [1.82, 2.24) is 10.2 Å². The predicted octanol–water partition coefficient (Wildman–Crippen LogP) is 2.49. The van der Waals surface area contributed by atoms with Crippen molar-refractivity contribution in [2.75, 3.05) is 0 Å². The average Bonchev–Trinajstić information content (AvgIpc) is 2.43. The molecule has 1 N–H and O–H groups in total. The van der Waals surface area contributed by atoms with Crippen LogP contribution in [-0.4, -0.2) is 28.8 Å². The number of hydrogen-bond acceptors (Lipinski definition) is 2. The van der Waals surface area contributed by atoms with Gasteiger partial charge in [0.15, 0.2) is 0 Å². The highest BCUT2D eigenvalue weighted by molar-refractivity contribution is 6.31. The lowest BCUT2D eigenvalue weighted by Crippen LogP contribution is -2.62. The molecule has 2 atom stereocenters. The SMILES string of the molecule is CCCC1C(=O)NC(C)C(=O)N1Cc1c(F)cccc1Cl. The molecule has 114 valence electrons. The van der Waals surface area contributed by atoms with Gasteiger partial charge in [0.1, 0.15) is 17.9 Å². The highest BCUT2D eigenvalue weighted by atomic mass is 35.5. The Balaban J connectivity index is 2.32. The number of carbonyl (C=O) groups is 2. The standard InChI is InChI=1S/C15H18ClFN2O2/c1-3-5-13-14(20)18-9(2)15(21)19(13)8-10-11(16)6-4-7-12(10)17/h4,6-7,9,13H,3,5,8H2,1-2H3,(H,18,20). The van der Waals surface area contributed by atoms with E-state index < -0.39 is 17.9 Å². The van der Waals surface area contributed by atoms with Crippen LogP contribution in [0.3, 0.4) is 0 Å². The van der Waals surface area contributed by atoms with Crippen molar-refractivity contribution in [2.45, 2.75) is 45.3 Å². The molecule has 2 rings (SSSR count). The van der Waals surface area contributed by atoms with Crippen molar-refractivity contribution in [1.29, 1.82) is 0 Å². The van der Waals surface area contributed by atoms with Crippen LogP contribution in [0.4, 0.5) is 4.39 Å². The second-order valence-corrected chi connectivity index (χ2v) is 5.61. The fourth-order valence-electron chi connectivity index (χ4n) is 2.52. The van der Waals surface area contributed by atoms with Gasteiger partial charge in [-0.1, -0.05) is 31.0 Å². The fraction of sp³-hybridized carbons (Fsp3) is 0.467. The van der Waals surface area contributed by atoms with E-state index in [4.69, 9.17) is 11.6 Å². The minimum absolute atomic E-state index is 0.00671. The zero-order valence-corrected chi connectivity index (χ0v) is 12.8. The number of piperazine rings is 1. The summed E-state index contributed by atoms with van der Waals surface area (Å²) < 4.78 is 13.9. The number of carbonyl (C=O) groups excluding carboxylic acids is 2. The smallest absolute Gasteiger partial charge is 0.245 e. The number of halogens is 2. The molecule has 1 aromatic carbocycles. The molecule has 1 aliphatic heterocycles. The first kappa shape index (κ1) is 15.8. The zero-order chi connectivity index (χ0) is 15.6. The van der Waals surface area contributed by atoms with E-state index in [0.29, 0.717) is 6.42 Å². The Bertz CT molecular complexity index is 544. The molecule has 1 aliphatic rings. The topological polar surface area (TPSA) is 49.4 Å². The van der Waals surface area contributed by atoms with Crippen LogP contribution in [0.25, 0.3) is 0 Å². The number of hydrogen-bond donors (Lipinski definition) is 1. The van der Waals surface area contributed by atoms with Crippen molar-refractivity contribution < 1.29 is 14.0 Å². The first-order chi connectivity index (χ1) is 9.95. The normalized spacial score (nSPS) is 22.4. The van der Waals surface area contributed by atoms with Crippen LogP contribution >= 0.6 is 11.6 Å². The lowest BCUT2D eigenvalue weighted by molar-refractivity contribution is -0.149. The maximum absolute atomic E-state index is 13.9. The molecule has 0 saturated carbocycles. The summed E-state index contributed by atoms with van der Waals surface area (Å²) in [6.07, 6.45) is 1.29. The van der Waals surface area contributed by atoms with Gasteiger partial charge in [-0.3, -0.25) is 9.59 Å². The molecular formula is C15H18ClFN2O2. The third kappa shape index (κ3) is 3.18. The van der Waals surface area contributed by atoms with E-state index in [1.807, 2.05) is 6.92 Å². The lowest BCUT2D eigenvalue weighted by atomic mass is 10.0. The quantitative estimate of drug-likeness (QED) is 0.928. The Morgan fingerprint density at radius 2 is 2.10 bits per heavy atom. The summed E-state index contributed by atoms with van der Waals surface area (Å²) in [6.45, 7) is 3.56. The fourth-order valence-corrected chi connectivity index (χ4v) is 2.74. The summed E-state index contributed by atoms with van der Waals surface area (Å²) in [5.74, 6) is -0.882. The Morgan fingerprint density at radius 3 is 2.71 bits per heavy atom. The van der Waals surface area contributed by atoms with Crippen LogP contribution in [0, 0.1) is 5.82 Å². The number of amides is 2. The highest BCUT2D eigenvalue weighted by Gasteiger charge is 2.38. The third-order valence-corrected chi connectivity index (χ3v) is 4.00. The molecule has 2 unspecified atom stereocenters. The van der Waals surface area contributed by atoms with Crippen LogP contribution in [0.1, 0.15) is 32.3 Å². The summed E-state index contributed by atoms with van der Waals surface area (Å²) in [5, 5.41) is 2.91. The third-order valence-electron chi connectivity index (χ3n) is 3.64. The molecule has 0 spiro atoms. The summed E-state index contributed by atoms with van der Waals surface area (Å²) in [4.78, 5) is 25.8. The van der Waals surface area contributed by atoms with Gasteiger partial charge < -0.3 is 10.2 Å². The molecule has 0 aliphatic carbocycles. The van der Waals surface area contributed by atoms with E-state index >= 15 is 0 Å². The molecule has 0 bridgehead atoms. The monoisotopic (exact) mass is 312 g/mol. The molecule has 1 saturated heterocycles. The van der Waals surface area contributed by atoms with E-state index in [0.717, 1.165) is 6.42 Å². The van der Waals surface area contributed by atoms with Gasteiger partial charge in [-0.15, -0.1) is 0 Å². The van der Waals surface area contributed by atoms with E-state index in [2.05, 4.69) is 5.32 Å². The molecule has 0 radical (unpaired) electrons. The molecule has 1 fully saturated rings. The van der Waals surface area contributed by atoms with E-state index in [1.54, 1.807) is 13.0 Å². The van der Waals surface area contributed by atoms with Crippen LogP contribution in [0.2, 0.25) is 5.02 Å². The Labute approximate surface area is 128 Å². The van der Waals surface area contributed by atoms with Crippen LogP contribution < -0.4 is 5.32 Å². The number of rotatable bonds is 4. The predicted molar refractivity (Wildman–Crippen MR) is 78.3 cm³/mol. The highest BCUT2D eigenvalue weighted by Crippen LogP contribution is 2.24. The van der Waals surface area contributed by atoms with Gasteiger partial charge in [0.25, 0.3) is 0 Å². The zero-order valence-electron chi connectivity index (χ0n) is 12.0. The van der Waals surface area contributed by atoms with E-state index in [9.17, 15) is 14.0 Å². The first-order valence-corrected chi connectivity index (χ1v) is 7.37. The lowest BCUT2D eigenvalue weighted by Gasteiger charge is -2.38. The van der Waals surface area contributed by atoms with Gasteiger partial charge in [-0.2, -0.15) is 0 Å². The van der Waals surface area contributed by atoms with Crippen LogP contribution in [-0.2, 0) is 16.1 Å². The molecule has 1 aromatic rings. The number of nitrogens with zero attached hydrogens (tertiary/aromatic N) is 1. The van der Waals surface area contributed by atoms with Gasteiger partial charge in [0, 0.05) is 10.6 Å². The van der Waals surface area contributed by atoms with Crippen molar-refractivity contribution in [3.8, 4) is 0 Å². The van der Waals surface area contributed by atoms with Gasteiger partial charge >= 0.3 is 0 Å². The molecule has 0 aromatic heterocycles. The summed E-state index contributed by atoms with van der Waals surface area (Å²) in [6, 6.07) is 3.21. The molecule has 1 heterocycles. The largest absolute Gasteiger partial charge is 0.343 e. The van der Waals surface area contributed by atoms with Crippen LogP contribution in [0.5, 0.6) is 0 Å². The Hall–Kier alpha value is -1.62. The minimum atomic E-state index is -0.601. The second kappa shape index (κ2) is 6.43. The van der Waals surface area contributed by atoms with E-state index in [-0.39, 0.29) is 28.9 Å². The molecule has 2 amide bonds. The Kier molecular flexibility index (Phi) is 4.83. The summed E-state index contributed by atoms with van der Waals surface area (Å²) >= 11 is 6.02. The number of nitrogens with one attached hydrogen (secondary N) is 1. The van der Waals surface area contributed by atoms with Crippen LogP contribution in [0.15, 0.2) is 18.2 Å². The maximum Gasteiger partial charge on any atom is 0.245 e. The number of benzene rings is 1. The Morgan fingerprint density at radius 1 is 1.38 bits per heavy atom. The van der Waals surface area contributed by atoms with Crippen molar-refractivity contribution in [3.63, 3.8) is 0 Å². The van der Waals surface area contributed by atoms with E-state index in [1.165, 1.54) is 17.0 Å². The molecular weight excluding hydrogens is 295 g/mol. The molecule has 21 heavy (non-hydrogen) atoms. The van der Waals surface area contributed by atoms with Gasteiger partial charge in [0.2, 0.25) is 11.8 Å². The van der Waals surface area contributed by atoms with Crippen molar-refractivity contribution >= 4 is 23.4 Å². The van der Waals surface area contributed by atoms with Gasteiger partial charge in [-0.25, -0.2) is 4.39 Å². The van der Waals surface area contributed by atoms with Gasteiger partial charge in [0.05, 0.1) is 6.54 Å².